The van der Waals surface area contributed by atoms with E-state index in [0.717, 1.165) is 0 Å². The summed E-state index contributed by atoms with van der Waals surface area (Å²) in [7, 11) is 1.51. The van der Waals surface area contributed by atoms with Gasteiger partial charge in [-0.3, -0.25) is 4.79 Å². The number of hydrogen-bond acceptors (Lipinski definition) is 3. The van der Waals surface area contributed by atoms with Crippen LogP contribution in [0.25, 0.3) is 0 Å². The van der Waals surface area contributed by atoms with Gasteiger partial charge in [0.1, 0.15) is 5.75 Å². The molecule has 14 heavy (non-hydrogen) atoms. The first-order valence-electron chi connectivity index (χ1n) is 4.40. The van der Waals surface area contributed by atoms with Gasteiger partial charge in [0.25, 0.3) is 5.91 Å². The molecule has 0 bridgehead atoms. The fourth-order valence-electron chi connectivity index (χ4n) is 1.15. The lowest BCUT2D eigenvalue weighted by Gasteiger charge is -2.08. The molecule has 0 atom stereocenters. The Kier molecular flexibility index (Phi) is 3.34. The van der Waals surface area contributed by atoms with E-state index in [0.29, 0.717) is 23.5 Å². The summed E-state index contributed by atoms with van der Waals surface area (Å²) in [5.41, 5.74) is 6.65. The fraction of sp³-hybridized carbons (Fsp3) is 0.300. The van der Waals surface area contributed by atoms with Gasteiger partial charge >= 0.3 is 0 Å². The lowest BCUT2D eigenvalue weighted by atomic mass is 10.1. The zero-order valence-corrected chi connectivity index (χ0v) is 8.33. The SMILES string of the molecule is CCNC(=O)c1ccc(N)cc1OC. The largest absolute Gasteiger partial charge is 0.496 e. The molecule has 0 aliphatic heterocycles. The number of amides is 1. The molecule has 0 heterocycles. The van der Waals surface area contributed by atoms with Crippen LogP contribution in [0.3, 0.4) is 0 Å². The Morgan fingerprint density at radius 2 is 2.29 bits per heavy atom. The lowest BCUT2D eigenvalue weighted by molar-refractivity contribution is 0.0953. The smallest absolute Gasteiger partial charge is 0.255 e. The number of nitrogen functional groups attached to an aromatic ring is 1. The van der Waals surface area contributed by atoms with E-state index >= 15 is 0 Å². The minimum absolute atomic E-state index is 0.149. The molecular weight excluding hydrogens is 180 g/mol. The predicted molar refractivity (Wildman–Crippen MR) is 55.4 cm³/mol. The van der Waals surface area contributed by atoms with E-state index in [2.05, 4.69) is 5.32 Å². The summed E-state index contributed by atoms with van der Waals surface area (Å²) in [4.78, 5) is 11.5. The van der Waals surface area contributed by atoms with Gasteiger partial charge in [-0.15, -0.1) is 0 Å². The van der Waals surface area contributed by atoms with E-state index < -0.39 is 0 Å². The number of nitrogens with two attached hydrogens (primary N) is 1. The molecule has 1 rings (SSSR count). The Balaban J connectivity index is 3.01. The van der Waals surface area contributed by atoms with Gasteiger partial charge in [0.2, 0.25) is 0 Å². The Morgan fingerprint density at radius 3 is 2.86 bits per heavy atom. The highest BCUT2D eigenvalue weighted by molar-refractivity contribution is 5.97. The van der Waals surface area contributed by atoms with Gasteiger partial charge in [0.15, 0.2) is 0 Å². The monoisotopic (exact) mass is 194 g/mol. The first-order chi connectivity index (χ1) is 6.69. The summed E-state index contributed by atoms with van der Waals surface area (Å²) in [5, 5.41) is 2.70. The highest BCUT2D eigenvalue weighted by Crippen LogP contribution is 2.21. The highest BCUT2D eigenvalue weighted by Gasteiger charge is 2.10. The average Bonchev–Trinajstić information content (AvgIpc) is 2.17. The van der Waals surface area contributed by atoms with Crippen molar-refractivity contribution in [1.29, 1.82) is 0 Å². The summed E-state index contributed by atoms with van der Waals surface area (Å²) in [6.45, 7) is 2.45. The van der Waals surface area contributed by atoms with Crippen molar-refractivity contribution < 1.29 is 9.53 Å². The molecule has 4 heteroatoms. The minimum atomic E-state index is -0.149. The Labute approximate surface area is 83.1 Å². The molecule has 0 saturated carbocycles. The van der Waals surface area contributed by atoms with Crippen LogP contribution in [0.1, 0.15) is 17.3 Å². The Morgan fingerprint density at radius 1 is 1.57 bits per heavy atom. The summed E-state index contributed by atoms with van der Waals surface area (Å²) in [5.74, 6) is 0.348. The van der Waals surface area contributed by atoms with E-state index in [1.54, 1.807) is 18.2 Å². The van der Waals surface area contributed by atoms with Crippen molar-refractivity contribution in [2.75, 3.05) is 19.4 Å². The van der Waals surface area contributed by atoms with Crippen LogP contribution < -0.4 is 15.8 Å². The van der Waals surface area contributed by atoms with Crippen LogP contribution in [-0.2, 0) is 0 Å². The number of benzene rings is 1. The summed E-state index contributed by atoms with van der Waals surface area (Å²) in [6.07, 6.45) is 0. The van der Waals surface area contributed by atoms with Crippen molar-refractivity contribution >= 4 is 11.6 Å². The second kappa shape index (κ2) is 4.50. The molecule has 0 aliphatic carbocycles. The van der Waals surface area contributed by atoms with Crippen molar-refractivity contribution in [2.24, 2.45) is 0 Å². The van der Waals surface area contributed by atoms with Gasteiger partial charge in [-0.1, -0.05) is 0 Å². The van der Waals surface area contributed by atoms with E-state index in [9.17, 15) is 4.79 Å². The second-order valence-corrected chi connectivity index (χ2v) is 2.82. The molecule has 1 aromatic rings. The van der Waals surface area contributed by atoms with E-state index in [-0.39, 0.29) is 5.91 Å². The molecule has 76 valence electrons. The topological polar surface area (TPSA) is 64.4 Å². The van der Waals surface area contributed by atoms with Crippen LogP contribution in [0.2, 0.25) is 0 Å². The second-order valence-electron chi connectivity index (χ2n) is 2.82. The number of anilines is 1. The fourth-order valence-corrected chi connectivity index (χ4v) is 1.15. The van der Waals surface area contributed by atoms with Gasteiger partial charge in [-0.25, -0.2) is 0 Å². The molecule has 1 aromatic carbocycles. The van der Waals surface area contributed by atoms with Crippen molar-refractivity contribution in [1.82, 2.24) is 5.32 Å². The number of ether oxygens (including phenoxy) is 1. The molecule has 0 aromatic heterocycles. The van der Waals surface area contributed by atoms with Crippen LogP contribution in [0, 0.1) is 0 Å². The average molecular weight is 194 g/mol. The number of rotatable bonds is 3. The maximum absolute atomic E-state index is 11.5. The first-order valence-corrected chi connectivity index (χ1v) is 4.40. The Hall–Kier alpha value is -1.71. The van der Waals surface area contributed by atoms with E-state index in [1.807, 2.05) is 6.92 Å². The molecule has 0 spiro atoms. The van der Waals surface area contributed by atoms with Crippen molar-refractivity contribution in [3.05, 3.63) is 23.8 Å². The molecular formula is C10H14N2O2. The zero-order valence-electron chi connectivity index (χ0n) is 8.33. The van der Waals surface area contributed by atoms with Gasteiger partial charge < -0.3 is 15.8 Å². The van der Waals surface area contributed by atoms with Crippen molar-refractivity contribution in [2.45, 2.75) is 6.92 Å². The molecule has 0 unspecified atom stereocenters. The predicted octanol–water partition coefficient (Wildman–Crippen LogP) is 1.03. The normalized spacial score (nSPS) is 9.57. The summed E-state index contributed by atoms with van der Waals surface area (Å²) in [6, 6.07) is 4.96. The zero-order chi connectivity index (χ0) is 10.6. The van der Waals surface area contributed by atoms with Gasteiger partial charge in [-0.2, -0.15) is 0 Å². The Bertz CT molecular complexity index is 337. The standard InChI is InChI=1S/C10H14N2O2/c1-3-12-10(13)8-5-4-7(11)6-9(8)14-2/h4-6H,3,11H2,1-2H3,(H,12,13). The van der Waals surface area contributed by atoms with E-state index in [4.69, 9.17) is 10.5 Å². The molecule has 1 amide bonds. The van der Waals surface area contributed by atoms with E-state index in [1.165, 1.54) is 7.11 Å². The number of nitrogens with one attached hydrogen (secondary N) is 1. The number of hydrogen-bond donors (Lipinski definition) is 2. The molecule has 0 radical (unpaired) electrons. The number of methoxy groups -OCH3 is 1. The van der Waals surface area contributed by atoms with Gasteiger partial charge in [-0.05, 0) is 19.1 Å². The third-order valence-electron chi connectivity index (χ3n) is 1.81. The quantitative estimate of drug-likeness (QED) is 0.706. The third-order valence-corrected chi connectivity index (χ3v) is 1.81. The minimum Gasteiger partial charge on any atom is -0.496 e. The third kappa shape index (κ3) is 2.16. The summed E-state index contributed by atoms with van der Waals surface area (Å²) >= 11 is 0. The lowest BCUT2D eigenvalue weighted by Crippen LogP contribution is -2.23. The van der Waals surface area contributed by atoms with Gasteiger partial charge in [0, 0.05) is 18.3 Å². The molecule has 4 nitrogen and oxygen atoms in total. The highest BCUT2D eigenvalue weighted by atomic mass is 16.5. The molecule has 0 aliphatic rings. The van der Waals surface area contributed by atoms with Crippen LogP contribution in [0.4, 0.5) is 5.69 Å². The summed E-state index contributed by atoms with van der Waals surface area (Å²) < 4.78 is 5.05. The number of carbonyl (C=O) groups excluding carboxylic acids is 1. The van der Waals surface area contributed by atoms with Crippen molar-refractivity contribution in [3.8, 4) is 5.75 Å². The van der Waals surface area contributed by atoms with Crippen LogP contribution in [0.15, 0.2) is 18.2 Å². The van der Waals surface area contributed by atoms with Crippen LogP contribution >= 0.6 is 0 Å². The number of carbonyl (C=O) groups is 1. The van der Waals surface area contributed by atoms with Crippen LogP contribution in [0.5, 0.6) is 5.75 Å². The molecule has 0 fully saturated rings. The maximum Gasteiger partial charge on any atom is 0.255 e. The molecule has 0 saturated heterocycles. The first kappa shape index (κ1) is 10.4. The molecule has 3 N–H and O–H groups in total. The van der Waals surface area contributed by atoms with Crippen molar-refractivity contribution in [3.63, 3.8) is 0 Å². The van der Waals surface area contributed by atoms with Gasteiger partial charge in [0.05, 0.1) is 12.7 Å². The van der Waals surface area contributed by atoms with Crippen LogP contribution in [-0.4, -0.2) is 19.6 Å². The maximum atomic E-state index is 11.5.